The number of aromatic nitrogens is 4. The van der Waals surface area contributed by atoms with Crippen molar-refractivity contribution in [2.24, 2.45) is 11.5 Å². The third-order valence-corrected chi connectivity index (χ3v) is 7.51. The summed E-state index contributed by atoms with van der Waals surface area (Å²) in [5, 5.41) is 47.5. The van der Waals surface area contributed by atoms with Crippen LogP contribution in [-0.4, -0.2) is 104 Å². The molecule has 0 spiro atoms. The second-order valence-corrected chi connectivity index (χ2v) is 14.0. The minimum absolute atomic E-state index is 0. The summed E-state index contributed by atoms with van der Waals surface area (Å²) >= 11 is 0. The zero-order valence-corrected chi connectivity index (χ0v) is 41.4. The molecule has 0 aliphatic carbocycles. The van der Waals surface area contributed by atoms with Crippen LogP contribution in [0.5, 0.6) is 0 Å². The number of nitrogens with two attached hydrogens (primary N) is 2. The number of nitrogens with zero attached hydrogens (tertiary/aromatic N) is 4. The number of carbonyl (C=O) groups is 6. The molecule has 16 nitrogen and oxygen atoms in total. The molecule has 0 aliphatic rings. The van der Waals surface area contributed by atoms with Gasteiger partial charge < -0.3 is 31.9 Å². The van der Waals surface area contributed by atoms with E-state index in [4.69, 9.17) is 11.5 Å². The van der Waals surface area contributed by atoms with Crippen LogP contribution in [0.2, 0.25) is 0 Å². The van der Waals surface area contributed by atoms with Gasteiger partial charge in [0.2, 0.25) is 11.8 Å². The quantitative estimate of drug-likeness (QED) is 0.0831. The SMILES string of the molecule is NC(=O)c1cccc(Cn2cccn2)c1.NC(=O)c1cccc(Cn2cccn2)c1.O=C(/C=C(\[O-])C(F)(F)F)C(F)(F)F.O=C(/C=C(\[O-])C(F)(F)F)C(F)(F)F.O=C(/C=C(\[O-])C(F)(F)F)C(F)(F)F.O=C(/C=C(\[O-])C(F)(F)F)C(F)(F)F.[Cu+2].[Cu+2]. The smallest absolute Gasteiger partial charge is 0.869 e. The van der Waals surface area contributed by atoms with Crippen molar-refractivity contribution in [2.75, 3.05) is 0 Å². The summed E-state index contributed by atoms with van der Waals surface area (Å²) in [6.07, 6.45) is -40.6. The van der Waals surface area contributed by atoms with E-state index in [9.17, 15) is 155 Å². The van der Waals surface area contributed by atoms with Gasteiger partial charge in [0.15, 0.2) is 0 Å². The summed E-state index contributed by atoms with van der Waals surface area (Å²) in [6.45, 7) is 1.29. The van der Waals surface area contributed by atoms with E-state index in [1.54, 1.807) is 46.0 Å². The van der Waals surface area contributed by atoms with Crippen LogP contribution in [0.4, 0.5) is 105 Å². The molecule has 42 heteroatoms. The van der Waals surface area contributed by atoms with Gasteiger partial charge in [-0.1, -0.05) is 24.3 Å². The Morgan fingerprint density at radius 2 is 0.595 bits per heavy atom. The van der Waals surface area contributed by atoms with Crippen molar-refractivity contribution in [2.45, 2.75) is 62.5 Å². The average molecular weight is 1360 g/mol. The number of amides is 2. The van der Waals surface area contributed by atoms with E-state index in [0.717, 1.165) is 11.1 Å². The molecule has 0 fully saturated rings. The molecule has 0 aliphatic heterocycles. The molecule has 474 valence electrons. The number of alkyl halides is 24. The van der Waals surface area contributed by atoms with Gasteiger partial charge in [-0.25, -0.2) is 0 Å². The molecule has 2 aromatic carbocycles. The molecule has 4 aromatic rings. The van der Waals surface area contributed by atoms with Crippen LogP contribution in [0.3, 0.4) is 0 Å². The van der Waals surface area contributed by atoms with Gasteiger partial charge in [0, 0.05) is 35.9 Å². The van der Waals surface area contributed by atoms with Crippen LogP contribution in [0, 0.1) is 0 Å². The molecule has 2 radical (unpaired) electrons. The first-order valence-corrected chi connectivity index (χ1v) is 19.7. The first kappa shape index (κ1) is 82.5. The van der Waals surface area contributed by atoms with Crippen LogP contribution in [-0.2, 0) is 66.4 Å². The van der Waals surface area contributed by atoms with Gasteiger partial charge >= 0.3 is 83.5 Å². The fourth-order valence-electron chi connectivity index (χ4n) is 3.94. The average Bonchev–Trinajstić information content (AvgIpc) is 4.03. The normalized spacial score (nSPS) is 12.6. The summed E-state index contributed by atoms with van der Waals surface area (Å²) < 4.78 is 275. The number of hydrogen-bond donors (Lipinski definition) is 2. The molecular formula is C42H26Cu2F24N6O10. The molecule has 4 rings (SSSR count). The molecule has 0 saturated carbocycles. The number of primary amides is 2. The minimum Gasteiger partial charge on any atom is -0.869 e. The first-order chi connectivity index (χ1) is 36.7. The molecule has 2 aromatic heterocycles. The fourth-order valence-corrected chi connectivity index (χ4v) is 3.94. The Morgan fingerprint density at radius 3 is 0.750 bits per heavy atom. The summed E-state index contributed by atoms with van der Waals surface area (Å²) in [7, 11) is 0. The molecule has 0 saturated heterocycles. The molecule has 0 bridgehead atoms. The number of benzene rings is 2. The van der Waals surface area contributed by atoms with E-state index in [2.05, 4.69) is 10.2 Å². The van der Waals surface area contributed by atoms with Gasteiger partial charge in [0.1, 0.15) is 0 Å². The zero-order valence-electron chi connectivity index (χ0n) is 39.5. The second-order valence-electron chi connectivity index (χ2n) is 14.0. The van der Waals surface area contributed by atoms with Crippen molar-refractivity contribution in [3.63, 3.8) is 0 Å². The summed E-state index contributed by atoms with van der Waals surface area (Å²) in [6, 6.07) is 18.2. The van der Waals surface area contributed by atoms with Crippen LogP contribution < -0.4 is 31.9 Å². The maximum absolute atomic E-state index is 11.3. The Morgan fingerprint density at radius 1 is 0.381 bits per heavy atom. The Labute approximate surface area is 471 Å². The van der Waals surface area contributed by atoms with Gasteiger partial charge in [-0.05, 0) is 94.9 Å². The van der Waals surface area contributed by atoms with Crippen molar-refractivity contribution in [3.05, 3.63) is 155 Å². The van der Waals surface area contributed by atoms with Crippen LogP contribution in [0.25, 0.3) is 0 Å². The van der Waals surface area contributed by atoms with E-state index < -0.39 is 132 Å². The Hall–Kier alpha value is -8.00. The molecule has 0 unspecified atom stereocenters. The third-order valence-electron chi connectivity index (χ3n) is 7.51. The van der Waals surface area contributed by atoms with Gasteiger partial charge in [0.25, 0.3) is 23.1 Å². The van der Waals surface area contributed by atoms with Crippen LogP contribution >= 0.6 is 0 Å². The number of halogens is 24. The summed E-state index contributed by atoms with van der Waals surface area (Å²) in [5.74, 6) is -23.4. The molecule has 4 N–H and O–H groups in total. The maximum atomic E-state index is 11.3. The van der Waals surface area contributed by atoms with Gasteiger partial charge in [-0.15, -0.1) is 0 Å². The monoisotopic (exact) mass is 1360 g/mol. The predicted octanol–water partition coefficient (Wildman–Crippen LogP) is 5.75. The third kappa shape index (κ3) is 35.1. The Bertz CT molecular complexity index is 2590. The van der Waals surface area contributed by atoms with E-state index in [0.29, 0.717) is 24.2 Å². The summed E-state index contributed by atoms with van der Waals surface area (Å²) in [5.41, 5.74) is 13.5. The zero-order chi connectivity index (χ0) is 64.8. The largest absolute Gasteiger partial charge is 2.00 e. The van der Waals surface area contributed by atoms with Gasteiger partial charge in [0.05, 0.1) is 13.1 Å². The number of allylic oxidation sites excluding steroid dienone is 8. The molecule has 2 heterocycles. The number of rotatable bonds is 10. The van der Waals surface area contributed by atoms with Crippen LogP contribution in [0.1, 0.15) is 31.8 Å². The first-order valence-electron chi connectivity index (χ1n) is 19.7. The van der Waals surface area contributed by atoms with Gasteiger partial charge in [-0.3, -0.25) is 38.1 Å². The minimum atomic E-state index is -5.46. The van der Waals surface area contributed by atoms with Crippen molar-refractivity contribution in [1.82, 2.24) is 19.6 Å². The number of ketones is 4. The Kier molecular flexibility index (Phi) is 33.3. The standard InChI is InChI=1S/2C11H11N3O.4C5H2F6O2.2Cu/c2*12-11(15)10-4-1-3-9(7-10)8-14-6-2-5-13-14;4*6-4(7,8)2(12)1-3(13)5(9,10)11;;/h2*1-7H,8H2,(H2,12,15);4*1,12H;;/q;;;;;;2*+2/p-4/b;;4*2-1-;;. The second kappa shape index (κ2) is 33.9. The molecule has 2 amide bonds. The van der Waals surface area contributed by atoms with E-state index in [-0.39, 0.29) is 34.1 Å². The molecule has 84 heavy (non-hydrogen) atoms. The van der Waals surface area contributed by atoms with Crippen LogP contribution in [0.15, 0.2) is 133 Å². The molecular weight excluding hydrogens is 1330 g/mol. The maximum Gasteiger partial charge on any atom is 2.00 e. The van der Waals surface area contributed by atoms with E-state index in [1.807, 2.05) is 48.8 Å². The van der Waals surface area contributed by atoms with Crippen molar-refractivity contribution >= 4 is 34.9 Å². The Balaban J connectivity index is -0.000000456. The fraction of sp³-hybridized carbons (Fsp3) is 0.238. The van der Waals surface area contributed by atoms with Crippen molar-refractivity contribution in [1.29, 1.82) is 0 Å². The van der Waals surface area contributed by atoms with E-state index in [1.165, 1.54) is 0 Å². The summed E-state index contributed by atoms with van der Waals surface area (Å²) in [4.78, 5) is 61.2. The van der Waals surface area contributed by atoms with Crippen molar-refractivity contribution < 1.29 is 189 Å². The topological polar surface area (TPSA) is 282 Å². The van der Waals surface area contributed by atoms with Gasteiger partial charge in [-0.2, -0.15) is 116 Å². The van der Waals surface area contributed by atoms with E-state index >= 15 is 0 Å². The molecule has 0 atom stereocenters. The predicted molar refractivity (Wildman–Crippen MR) is 213 cm³/mol. The van der Waals surface area contributed by atoms with Crippen molar-refractivity contribution in [3.8, 4) is 0 Å². The number of hydrogen-bond acceptors (Lipinski definition) is 12. The number of carbonyl (C=O) groups excluding carboxylic acids is 6.